The molecule has 7 heteroatoms. The highest BCUT2D eigenvalue weighted by Gasteiger charge is 2.07. The summed E-state index contributed by atoms with van der Waals surface area (Å²) in [5, 5.41) is 6.00. The van der Waals surface area contributed by atoms with Crippen molar-refractivity contribution in [3.63, 3.8) is 0 Å². The first-order valence-electron chi connectivity index (χ1n) is 8.60. The summed E-state index contributed by atoms with van der Waals surface area (Å²) in [6.07, 6.45) is 7.26. The lowest BCUT2D eigenvalue weighted by Gasteiger charge is -2.07. The van der Waals surface area contributed by atoms with Gasteiger partial charge in [-0.1, -0.05) is 18.2 Å². The molecule has 27 heavy (non-hydrogen) atoms. The predicted octanol–water partition coefficient (Wildman–Crippen LogP) is 2.46. The molecule has 7 nitrogen and oxygen atoms in total. The fourth-order valence-electron chi connectivity index (χ4n) is 2.44. The Morgan fingerprint density at radius 1 is 1.04 bits per heavy atom. The van der Waals surface area contributed by atoms with Crippen LogP contribution in [0.15, 0.2) is 61.2 Å². The van der Waals surface area contributed by atoms with Gasteiger partial charge in [-0.05, 0) is 35.7 Å². The van der Waals surface area contributed by atoms with Gasteiger partial charge in [-0.2, -0.15) is 0 Å². The average molecular weight is 363 g/mol. The first-order chi connectivity index (χ1) is 13.2. The Morgan fingerprint density at radius 2 is 1.89 bits per heavy atom. The molecule has 0 radical (unpaired) electrons. The summed E-state index contributed by atoms with van der Waals surface area (Å²) in [6, 6.07) is 11.6. The first kappa shape index (κ1) is 18.3. The Balaban J connectivity index is 1.45. The molecule has 0 saturated carbocycles. The van der Waals surface area contributed by atoms with Crippen LogP contribution in [-0.2, 0) is 13.0 Å². The molecule has 0 unspecified atom stereocenters. The third kappa shape index (κ3) is 5.50. The van der Waals surface area contributed by atoms with Crippen LogP contribution in [0, 0.1) is 0 Å². The van der Waals surface area contributed by atoms with E-state index in [1.807, 2.05) is 36.4 Å². The number of hydrogen-bond acceptors (Lipinski definition) is 6. The molecule has 2 N–H and O–H groups in total. The minimum atomic E-state index is -0.241. The lowest BCUT2D eigenvalue weighted by molar-refractivity contribution is 0.0949. The number of nitrogens with zero attached hydrogens (tertiary/aromatic N) is 3. The van der Waals surface area contributed by atoms with E-state index in [1.54, 1.807) is 25.7 Å². The molecule has 0 aliphatic heterocycles. The molecule has 0 bridgehead atoms. The molecule has 0 aliphatic rings. The summed E-state index contributed by atoms with van der Waals surface area (Å²) in [5.41, 5.74) is 2.45. The van der Waals surface area contributed by atoms with E-state index < -0.39 is 0 Å². The van der Waals surface area contributed by atoms with Crippen molar-refractivity contribution in [1.29, 1.82) is 0 Å². The number of pyridine rings is 1. The molecule has 2 heterocycles. The molecule has 3 aromatic rings. The minimum absolute atomic E-state index is 0.241. The Kier molecular flexibility index (Phi) is 6.30. The average Bonchev–Trinajstić information content (AvgIpc) is 2.74. The van der Waals surface area contributed by atoms with Gasteiger partial charge in [0.25, 0.3) is 5.91 Å². The SMILES string of the molecule is COc1ccc(CCNC(=O)c2cnc(NCc3cccnc3)cn2)cc1. The van der Waals surface area contributed by atoms with Crippen LogP contribution in [0.4, 0.5) is 5.82 Å². The van der Waals surface area contributed by atoms with Gasteiger partial charge in [0.05, 0.1) is 19.5 Å². The smallest absolute Gasteiger partial charge is 0.271 e. The predicted molar refractivity (Wildman–Crippen MR) is 103 cm³/mol. The molecule has 2 aromatic heterocycles. The molecule has 0 spiro atoms. The van der Waals surface area contributed by atoms with Crippen molar-refractivity contribution in [3.8, 4) is 5.75 Å². The van der Waals surface area contributed by atoms with Crippen LogP contribution in [0.2, 0.25) is 0 Å². The number of methoxy groups -OCH3 is 1. The molecule has 138 valence electrons. The van der Waals surface area contributed by atoms with Crippen molar-refractivity contribution in [2.75, 3.05) is 19.0 Å². The van der Waals surface area contributed by atoms with Gasteiger partial charge in [0.15, 0.2) is 0 Å². The fourth-order valence-corrected chi connectivity index (χ4v) is 2.44. The summed E-state index contributed by atoms with van der Waals surface area (Å²) in [6.45, 7) is 1.11. The number of hydrogen-bond donors (Lipinski definition) is 2. The maximum atomic E-state index is 12.2. The van der Waals surface area contributed by atoms with Crippen LogP contribution in [0.5, 0.6) is 5.75 Å². The van der Waals surface area contributed by atoms with Gasteiger partial charge in [0.1, 0.15) is 17.3 Å². The Morgan fingerprint density at radius 3 is 2.56 bits per heavy atom. The third-order valence-corrected chi connectivity index (χ3v) is 3.94. The lowest BCUT2D eigenvalue weighted by atomic mass is 10.1. The Bertz CT molecular complexity index is 852. The van der Waals surface area contributed by atoms with Crippen molar-refractivity contribution in [2.24, 2.45) is 0 Å². The van der Waals surface area contributed by atoms with Crippen molar-refractivity contribution >= 4 is 11.7 Å². The van der Waals surface area contributed by atoms with Gasteiger partial charge in [-0.25, -0.2) is 9.97 Å². The Hall–Kier alpha value is -3.48. The van der Waals surface area contributed by atoms with E-state index in [0.29, 0.717) is 18.9 Å². The summed E-state index contributed by atoms with van der Waals surface area (Å²) >= 11 is 0. The highest BCUT2D eigenvalue weighted by atomic mass is 16.5. The normalized spacial score (nSPS) is 10.3. The molecule has 0 aliphatic carbocycles. The number of amides is 1. The topological polar surface area (TPSA) is 89.0 Å². The van der Waals surface area contributed by atoms with Crippen molar-refractivity contribution in [3.05, 3.63) is 78.0 Å². The van der Waals surface area contributed by atoms with Crippen LogP contribution in [0.3, 0.4) is 0 Å². The molecular weight excluding hydrogens is 342 g/mol. The second-order valence-corrected chi connectivity index (χ2v) is 5.86. The summed E-state index contributed by atoms with van der Waals surface area (Å²) in [4.78, 5) is 24.6. The maximum absolute atomic E-state index is 12.2. The van der Waals surface area contributed by atoms with E-state index in [9.17, 15) is 4.79 Å². The van der Waals surface area contributed by atoms with Gasteiger partial charge >= 0.3 is 0 Å². The van der Waals surface area contributed by atoms with Gasteiger partial charge in [0, 0.05) is 25.5 Å². The van der Waals surface area contributed by atoms with Crippen molar-refractivity contribution in [1.82, 2.24) is 20.3 Å². The van der Waals surface area contributed by atoms with E-state index in [0.717, 1.165) is 23.3 Å². The van der Waals surface area contributed by atoms with Crippen LogP contribution < -0.4 is 15.4 Å². The number of aromatic nitrogens is 3. The fraction of sp³-hybridized carbons (Fsp3) is 0.200. The van der Waals surface area contributed by atoms with Gasteiger partial charge in [-0.3, -0.25) is 9.78 Å². The monoisotopic (exact) mass is 363 g/mol. The molecular formula is C20H21N5O2. The molecule has 0 saturated heterocycles. The zero-order valence-electron chi connectivity index (χ0n) is 15.1. The van der Waals surface area contributed by atoms with Gasteiger partial charge in [-0.15, -0.1) is 0 Å². The highest BCUT2D eigenvalue weighted by molar-refractivity contribution is 5.91. The maximum Gasteiger partial charge on any atom is 0.271 e. The number of ether oxygens (including phenoxy) is 1. The zero-order valence-corrected chi connectivity index (χ0v) is 15.1. The molecule has 1 aromatic carbocycles. The minimum Gasteiger partial charge on any atom is -0.497 e. The number of benzene rings is 1. The first-order valence-corrected chi connectivity index (χ1v) is 8.60. The van der Waals surface area contributed by atoms with Crippen molar-refractivity contribution in [2.45, 2.75) is 13.0 Å². The number of anilines is 1. The zero-order chi connectivity index (χ0) is 18.9. The van der Waals surface area contributed by atoms with Crippen molar-refractivity contribution < 1.29 is 9.53 Å². The number of nitrogens with one attached hydrogen (secondary N) is 2. The summed E-state index contributed by atoms with van der Waals surface area (Å²) in [5.74, 6) is 1.18. The second kappa shape index (κ2) is 9.28. The van der Waals surface area contributed by atoms with Crippen LogP contribution in [-0.4, -0.2) is 34.5 Å². The number of rotatable bonds is 8. The van der Waals surface area contributed by atoms with Gasteiger partial charge in [0.2, 0.25) is 0 Å². The second-order valence-electron chi connectivity index (χ2n) is 5.86. The molecule has 0 fully saturated rings. The van der Waals surface area contributed by atoms with E-state index in [4.69, 9.17) is 4.74 Å². The standard InChI is InChI=1S/C20H21N5O2/c1-27-17-6-4-15(5-7-17)8-10-22-20(26)18-13-25-19(14-23-18)24-12-16-3-2-9-21-11-16/h2-7,9,11,13-14H,8,10,12H2,1H3,(H,22,26)(H,24,25). The van der Waals surface area contributed by atoms with E-state index in [-0.39, 0.29) is 11.6 Å². The molecule has 0 atom stereocenters. The van der Waals surface area contributed by atoms with E-state index in [2.05, 4.69) is 25.6 Å². The van der Waals surface area contributed by atoms with E-state index >= 15 is 0 Å². The van der Waals surface area contributed by atoms with Gasteiger partial charge < -0.3 is 15.4 Å². The number of carbonyl (C=O) groups is 1. The van der Waals surface area contributed by atoms with Crippen LogP contribution in [0.25, 0.3) is 0 Å². The third-order valence-electron chi connectivity index (χ3n) is 3.94. The van der Waals surface area contributed by atoms with E-state index in [1.165, 1.54) is 6.20 Å². The molecule has 1 amide bonds. The quantitative estimate of drug-likeness (QED) is 0.639. The molecule has 3 rings (SSSR count). The lowest BCUT2D eigenvalue weighted by Crippen LogP contribution is -2.26. The largest absolute Gasteiger partial charge is 0.497 e. The Labute approximate surface area is 157 Å². The highest BCUT2D eigenvalue weighted by Crippen LogP contribution is 2.11. The van der Waals surface area contributed by atoms with Crippen LogP contribution >= 0.6 is 0 Å². The van der Waals surface area contributed by atoms with Crippen LogP contribution in [0.1, 0.15) is 21.6 Å². The summed E-state index contributed by atoms with van der Waals surface area (Å²) in [7, 11) is 1.63. The number of carbonyl (C=O) groups excluding carboxylic acids is 1. The summed E-state index contributed by atoms with van der Waals surface area (Å²) < 4.78 is 5.13.